The third-order valence-corrected chi connectivity index (χ3v) is 4.59. The van der Waals surface area contributed by atoms with Crippen LogP contribution in [0.3, 0.4) is 0 Å². The fourth-order valence-electron chi connectivity index (χ4n) is 3.55. The van der Waals surface area contributed by atoms with Crippen LogP contribution < -0.4 is 4.90 Å². The summed E-state index contributed by atoms with van der Waals surface area (Å²) in [7, 11) is 0. The molecule has 5 heteroatoms. The van der Waals surface area contributed by atoms with Crippen LogP contribution in [0.2, 0.25) is 0 Å². The minimum Gasteiger partial charge on any atom is -0.310 e. The Morgan fingerprint density at radius 1 is 1.09 bits per heavy atom. The van der Waals surface area contributed by atoms with Gasteiger partial charge in [0.1, 0.15) is 0 Å². The van der Waals surface area contributed by atoms with Crippen molar-refractivity contribution in [2.45, 2.75) is 6.54 Å². The highest BCUT2D eigenvalue weighted by Gasteiger charge is 2.46. The van der Waals surface area contributed by atoms with Crippen LogP contribution in [-0.2, 0) is 11.3 Å². The lowest BCUT2D eigenvalue weighted by Crippen LogP contribution is -2.32. The number of carbonyl (C=O) groups is 1. The summed E-state index contributed by atoms with van der Waals surface area (Å²) in [4.78, 5) is 25.4. The van der Waals surface area contributed by atoms with Crippen LogP contribution in [0.15, 0.2) is 48.9 Å². The molecular weight excluding hydrogens is 276 g/mol. The van der Waals surface area contributed by atoms with Crippen molar-refractivity contribution in [1.29, 1.82) is 0 Å². The van der Waals surface area contributed by atoms with E-state index in [-0.39, 0.29) is 11.8 Å². The zero-order chi connectivity index (χ0) is 14.9. The van der Waals surface area contributed by atoms with Crippen molar-refractivity contribution in [3.63, 3.8) is 0 Å². The lowest BCUT2D eigenvalue weighted by atomic mass is 10.0. The first-order chi connectivity index (χ1) is 10.8. The van der Waals surface area contributed by atoms with Gasteiger partial charge in [-0.25, -0.2) is 0 Å². The predicted octanol–water partition coefficient (Wildman–Crippen LogP) is 1.57. The Balaban J connectivity index is 1.44. The molecule has 4 heterocycles. The zero-order valence-electron chi connectivity index (χ0n) is 12.3. The van der Waals surface area contributed by atoms with Crippen molar-refractivity contribution in [2.75, 3.05) is 24.5 Å². The summed E-state index contributed by atoms with van der Waals surface area (Å²) >= 11 is 0. The number of nitrogens with zero attached hydrogens (tertiary/aromatic N) is 4. The number of likely N-dealkylation sites (tertiary alicyclic amines) is 1. The number of pyridine rings is 2. The van der Waals surface area contributed by atoms with Gasteiger partial charge >= 0.3 is 0 Å². The number of carbonyl (C=O) groups excluding carboxylic acids is 1. The second-order valence-corrected chi connectivity index (χ2v) is 6.04. The number of amides is 1. The molecule has 112 valence electrons. The Kier molecular flexibility index (Phi) is 3.35. The number of anilines is 1. The molecule has 0 radical (unpaired) electrons. The van der Waals surface area contributed by atoms with E-state index in [1.165, 1.54) is 0 Å². The first kappa shape index (κ1) is 13.4. The molecule has 2 aromatic heterocycles. The predicted molar refractivity (Wildman–Crippen MR) is 83.1 cm³/mol. The maximum Gasteiger partial charge on any atom is 0.231 e. The summed E-state index contributed by atoms with van der Waals surface area (Å²) in [5.74, 6) is 0.766. The maximum atomic E-state index is 12.6. The molecule has 22 heavy (non-hydrogen) atoms. The van der Waals surface area contributed by atoms with Gasteiger partial charge in [0.05, 0.1) is 23.5 Å². The van der Waals surface area contributed by atoms with Gasteiger partial charge in [-0.2, -0.15) is 0 Å². The maximum absolute atomic E-state index is 12.6. The Labute approximate surface area is 129 Å². The second-order valence-electron chi connectivity index (χ2n) is 6.04. The molecule has 2 fully saturated rings. The van der Waals surface area contributed by atoms with E-state index in [4.69, 9.17) is 0 Å². The number of hydrogen-bond acceptors (Lipinski definition) is 4. The van der Waals surface area contributed by atoms with E-state index < -0.39 is 0 Å². The molecule has 0 bridgehead atoms. The number of fused-ring (bicyclic) bond motifs is 1. The molecule has 0 saturated carbocycles. The quantitative estimate of drug-likeness (QED) is 0.862. The van der Waals surface area contributed by atoms with Crippen molar-refractivity contribution in [2.24, 2.45) is 11.8 Å². The first-order valence-electron chi connectivity index (χ1n) is 7.65. The van der Waals surface area contributed by atoms with E-state index >= 15 is 0 Å². The number of hydrogen-bond donors (Lipinski definition) is 0. The molecule has 5 nitrogen and oxygen atoms in total. The van der Waals surface area contributed by atoms with Crippen molar-refractivity contribution >= 4 is 11.6 Å². The van der Waals surface area contributed by atoms with Gasteiger partial charge in [0, 0.05) is 44.5 Å². The molecule has 0 N–H and O–H groups in total. The summed E-state index contributed by atoms with van der Waals surface area (Å²) in [6.07, 6.45) is 5.32. The molecule has 0 spiro atoms. The third-order valence-electron chi connectivity index (χ3n) is 4.59. The van der Waals surface area contributed by atoms with Crippen molar-refractivity contribution < 1.29 is 4.79 Å². The van der Waals surface area contributed by atoms with Gasteiger partial charge in [-0.3, -0.25) is 19.7 Å². The van der Waals surface area contributed by atoms with E-state index in [1.807, 2.05) is 41.4 Å². The monoisotopic (exact) mass is 294 g/mol. The molecule has 0 aliphatic carbocycles. The van der Waals surface area contributed by atoms with Crippen LogP contribution in [-0.4, -0.2) is 40.4 Å². The Hall–Kier alpha value is -2.27. The summed E-state index contributed by atoms with van der Waals surface area (Å²) in [5, 5.41) is 0. The molecule has 1 amide bonds. The smallest absolute Gasteiger partial charge is 0.231 e. The highest BCUT2D eigenvalue weighted by molar-refractivity contribution is 5.97. The molecule has 2 aliphatic heterocycles. The Morgan fingerprint density at radius 2 is 2.05 bits per heavy atom. The summed E-state index contributed by atoms with van der Waals surface area (Å²) in [6, 6.07) is 9.81. The standard InChI is InChI=1S/C17H18N4O/c22-17-16-12-20(11-14-4-1-2-7-19-14)9-13(16)10-21(17)15-5-3-6-18-8-15/h1-8,13,16H,9-12H2/t13-,16-/m0/s1. The average molecular weight is 294 g/mol. The fourth-order valence-corrected chi connectivity index (χ4v) is 3.55. The van der Waals surface area contributed by atoms with E-state index in [9.17, 15) is 4.79 Å². The molecule has 2 saturated heterocycles. The van der Waals surface area contributed by atoms with Crippen molar-refractivity contribution in [3.05, 3.63) is 54.6 Å². The number of rotatable bonds is 3. The summed E-state index contributed by atoms with van der Waals surface area (Å²) in [5.41, 5.74) is 1.98. The van der Waals surface area contributed by atoms with Crippen LogP contribution in [0.4, 0.5) is 5.69 Å². The average Bonchev–Trinajstić information content (AvgIpc) is 3.08. The second kappa shape index (κ2) is 5.50. The van der Waals surface area contributed by atoms with Gasteiger partial charge < -0.3 is 4.90 Å². The third kappa shape index (κ3) is 2.37. The lowest BCUT2D eigenvalue weighted by Gasteiger charge is -2.21. The van der Waals surface area contributed by atoms with Crippen LogP contribution in [0.1, 0.15) is 5.69 Å². The highest BCUT2D eigenvalue weighted by Crippen LogP contribution is 2.35. The number of aromatic nitrogens is 2. The van der Waals surface area contributed by atoms with E-state index in [0.29, 0.717) is 5.92 Å². The van der Waals surface area contributed by atoms with E-state index in [1.54, 1.807) is 12.4 Å². The minimum absolute atomic E-state index is 0.115. The SMILES string of the molecule is O=C1[C@H]2CN(Cc3ccccn3)C[C@H]2CN1c1cccnc1. The van der Waals surface area contributed by atoms with Gasteiger partial charge in [0.2, 0.25) is 5.91 Å². The van der Waals surface area contributed by atoms with Gasteiger partial charge in [-0.15, -0.1) is 0 Å². The van der Waals surface area contributed by atoms with Crippen LogP contribution in [0.25, 0.3) is 0 Å². The van der Waals surface area contributed by atoms with Crippen LogP contribution >= 0.6 is 0 Å². The van der Waals surface area contributed by atoms with Crippen LogP contribution in [0.5, 0.6) is 0 Å². The van der Waals surface area contributed by atoms with Crippen molar-refractivity contribution in [1.82, 2.24) is 14.9 Å². The topological polar surface area (TPSA) is 49.3 Å². The molecule has 0 unspecified atom stereocenters. The van der Waals surface area contributed by atoms with Gasteiger partial charge in [-0.05, 0) is 24.3 Å². The van der Waals surface area contributed by atoms with E-state index in [0.717, 1.165) is 37.6 Å². The highest BCUT2D eigenvalue weighted by atomic mass is 16.2. The molecular formula is C17H18N4O. The van der Waals surface area contributed by atoms with Gasteiger partial charge in [-0.1, -0.05) is 6.07 Å². The first-order valence-corrected chi connectivity index (χ1v) is 7.65. The molecule has 2 aromatic rings. The lowest BCUT2D eigenvalue weighted by molar-refractivity contribution is -0.120. The largest absolute Gasteiger partial charge is 0.310 e. The Morgan fingerprint density at radius 3 is 2.77 bits per heavy atom. The fraction of sp³-hybridized carbons (Fsp3) is 0.353. The molecule has 0 aromatic carbocycles. The van der Waals surface area contributed by atoms with Crippen LogP contribution in [0, 0.1) is 11.8 Å². The van der Waals surface area contributed by atoms with E-state index in [2.05, 4.69) is 14.9 Å². The zero-order valence-corrected chi connectivity index (χ0v) is 12.3. The summed E-state index contributed by atoms with van der Waals surface area (Å²) < 4.78 is 0. The molecule has 4 rings (SSSR count). The summed E-state index contributed by atoms with van der Waals surface area (Å²) in [6.45, 7) is 3.42. The normalized spacial score (nSPS) is 24.7. The Bertz CT molecular complexity index is 661. The molecule has 2 aliphatic rings. The van der Waals surface area contributed by atoms with Gasteiger partial charge in [0.15, 0.2) is 0 Å². The molecule has 2 atom stereocenters. The minimum atomic E-state index is 0.115. The van der Waals surface area contributed by atoms with Gasteiger partial charge in [0.25, 0.3) is 0 Å². The van der Waals surface area contributed by atoms with Crippen molar-refractivity contribution in [3.8, 4) is 0 Å².